The number of nitrogens with zero attached hydrogens (tertiary/aromatic N) is 4. The molecule has 0 aromatic heterocycles. The summed E-state index contributed by atoms with van der Waals surface area (Å²) in [6.07, 6.45) is 1.89. The van der Waals surface area contributed by atoms with Gasteiger partial charge in [0.2, 0.25) is 5.91 Å². The molecule has 0 saturated carbocycles. The topological polar surface area (TPSA) is 83.5 Å². The highest BCUT2D eigenvalue weighted by Gasteiger charge is 2.26. The predicted octanol–water partition coefficient (Wildman–Crippen LogP) is 3.36. The molecule has 0 aliphatic carbocycles. The first-order chi connectivity index (χ1) is 14.5. The van der Waals surface area contributed by atoms with E-state index < -0.39 is 0 Å². The van der Waals surface area contributed by atoms with E-state index in [0.717, 1.165) is 11.3 Å². The fourth-order valence-corrected chi connectivity index (χ4v) is 3.59. The minimum Gasteiger partial charge on any atom is -0.494 e. The number of carbonyl (C=O) groups excluding carboxylic acids is 1. The maximum absolute atomic E-state index is 12.7. The van der Waals surface area contributed by atoms with Crippen molar-refractivity contribution in [3.05, 3.63) is 54.1 Å². The third-order valence-corrected chi connectivity index (χ3v) is 5.11. The number of nitrogens with two attached hydrogens (primary N) is 1. The number of rotatable bonds is 6. The van der Waals surface area contributed by atoms with Gasteiger partial charge >= 0.3 is 0 Å². The average Bonchev–Trinajstić information content (AvgIpc) is 2.87. The first-order valence-corrected chi connectivity index (χ1v) is 10.1. The molecule has 1 aliphatic rings. The highest BCUT2D eigenvalue weighted by atomic mass is 16.5. The van der Waals surface area contributed by atoms with Crippen molar-refractivity contribution in [2.75, 3.05) is 25.1 Å². The van der Waals surface area contributed by atoms with Gasteiger partial charge in [-0.1, -0.05) is 30.3 Å². The van der Waals surface area contributed by atoms with Crippen molar-refractivity contribution in [1.29, 1.82) is 0 Å². The van der Waals surface area contributed by atoms with Crippen LogP contribution in [0.4, 0.5) is 11.4 Å². The van der Waals surface area contributed by atoms with Crippen LogP contribution in [0.1, 0.15) is 25.8 Å². The second kappa shape index (κ2) is 9.91. The molecule has 7 heteroatoms. The molecule has 3 rings (SSSR count). The van der Waals surface area contributed by atoms with Gasteiger partial charge < -0.3 is 20.3 Å². The van der Waals surface area contributed by atoms with Gasteiger partial charge in [-0.05, 0) is 31.5 Å². The van der Waals surface area contributed by atoms with Crippen molar-refractivity contribution in [2.24, 2.45) is 15.7 Å². The second-order valence-corrected chi connectivity index (χ2v) is 7.42. The smallest absolute Gasteiger partial charge is 0.224 e. The number of benzene rings is 2. The number of amidine groups is 1. The molecule has 158 valence electrons. The third kappa shape index (κ3) is 5.37. The number of methoxy groups -OCH3 is 1. The summed E-state index contributed by atoms with van der Waals surface area (Å²) in [4.78, 5) is 25.2. The van der Waals surface area contributed by atoms with Crippen LogP contribution in [0.15, 0.2) is 58.5 Å². The number of hydrogen-bond donors (Lipinski definition) is 1. The van der Waals surface area contributed by atoms with E-state index in [1.165, 1.54) is 6.34 Å². The number of aliphatic imine (C=N–C) groups is 2. The summed E-state index contributed by atoms with van der Waals surface area (Å²) in [5.74, 6) is 1.27. The molecule has 2 aromatic carbocycles. The fraction of sp³-hybridized carbons (Fsp3) is 0.348. The summed E-state index contributed by atoms with van der Waals surface area (Å²) in [6, 6.07) is 16.1. The molecule has 30 heavy (non-hydrogen) atoms. The van der Waals surface area contributed by atoms with E-state index >= 15 is 0 Å². The van der Waals surface area contributed by atoms with Crippen LogP contribution in [0.5, 0.6) is 5.75 Å². The summed E-state index contributed by atoms with van der Waals surface area (Å²) in [6.45, 7) is 5.81. The van der Waals surface area contributed by atoms with Gasteiger partial charge in [0.15, 0.2) is 0 Å². The zero-order valence-corrected chi connectivity index (χ0v) is 17.8. The lowest BCUT2D eigenvalue weighted by atomic mass is 10.2. The normalized spacial score (nSPS) is 18.0. The van der Waals surface area contributed by atoms with Gasteiger partial charge in [-0.3, -0.25) is 4.79 Å². The van der Waals surface area contributed by atoms with Crippen molar-refractivity contribution >= 4 is 29.5 Å². The van der Waals surface area contributed by atoms with Crippen LogP contribution < -0.4 is 15.4 Å². The molecule has 2 N–H and O–H groups in total. The Labute approximate surface area is 177 Å². The maximum Gasteiger partial charge on any atom is 0.224 e. The molecule has 1 atom stereocenters. The van der Waals surface area contributed by atoms with E-state index in [-0.39, 0.29) is 11.9 Å². The van der Waals surface area contributed by atoms with Gasteiger partial charge in [-0.2, -0.15) is 0 Å². The first-order valence-electron chi connectivity index (χ1n) is 10.1. The minimum absolute atomic E-state index is 0.170. The first kappa shape index (κ1) is 21.4. The number of ether oxygens (including phenoxy) is 1. The van der Waals surface area contributed by atoms with E-state index in [1.807, 2.05) is 41.3 Å². The lowest BCUT2D eigenvalue weighted by Gasteiger charge is -2.31. The molecular weight excluding hydrogens is 378 g/mol. The molecule has 1 heterocycles. The van der Waals surface area contributed by atoms with Crippen LogP contribution in [-0.2, 0) is 11.3 Å². The Kier molecular flexibility index (Phi) is 7.06. The molecule has 1 saturated heterocycles. The second-order valence-electron chi connectivity index (χ2n) is 7.42. The zero-order chi connectivity index (χ0) is 21.5. The van der Waals surface area contributed by atoms with Crippen LogP contribution >= 0.6 is 0 Å². The molecule has 1 fully saturated rings. The van der Waals surface area contributed by atoms with Crippen LogP contribution in [0.3, 0.4) is 0 Å². The quantitative estimate of drug-likeness (QED) is 0.588. The van der Waals surface area contributed by atoms with Crippen molar-refractivity contribution in [1.82, 2.24) is 4.90 Å². The van der Waals surface area contributed by atoms with E-state index in [9.17, 15) is 4.79 Å². The van der Waals surface area contributed by atoms with Gasteiger partial charge in [-0.15, -0.1) is 0 Å². The minimum atomic E-state index is 0.170. The lowest BCUT2D eigenvalue weighted by molar-refractivity contribution is -0.131. The SMILES string of the molecule is COc1cc(N2CCC(=O)N(Cc3ccccc3)CC2C)ccc1N=CN=C(C)N. The average molecular weight is 408 g/mol. The van der Waals surface area contributed by atoms with Gasteiger partial charge in [-0.25, -0.2) is 9.98 Å². The molecule has 0 spiro atoms. The monoisotopic (exact) mass is 407 g/mol. The largest absolute Gasteiger partial charge is 0.494 e. The van der Waals surface area contributed by atoms with Crippen LogP contribution in [0, 0.1) is 0 Å². The number of hydrogen-bond acceptors (Lipinski definition) is 4. The predicted molar refractivity (Wildman–Crippen MR) is 122 cm³/mol. The summed E-state index contributed by atoms with van der Waals surface area (Å²) in [5, 5.41) is 0. The molecule has 0 radical (unpaired) electrons. The summed E-state index contributed by atoms with van der Waals surface area (Å²) < 4.78 is 5.52. The van der Waals surface area contributed by atoms with E-state index in [4.69, 9.17) is 10.5 Å². The third-order valence-electron chi connectivity index (χ3n) is 5.11. The highest BCUT2D eigenvalue weighted by molar-refractivity contribution is 5.86. The Bertz CT molecular complexity index is 922. The lowest BCUT2D eigenvalue weighted by Crippen LogP contribution is -2.39. The summed E-state index contributed by atoms with van der Waals surface area (Å²) in [5.41, 5.74) is 8.37. The van der Waals surface area contributed by atoms with Gasteiger partial charge in [0.1, 0.15) is 17.8 Å². The van der Waals surface area contributed by atoms with Crippen molar-refractivity contribution < 1.29 is 9.53 Å². The molecular formula is C23H29N5O2. The Balaban J connectivity index is 1.78. The Morgan fingerprint density at radius 1 is 1.27 bits per heavy atom. The van der Waals surface area contributed by atoms with Crippen LogP contribution in [-0.4, -0.2) is 49.2 Å². The molecule has 0 bridgehead atoms. The van der Waals surface area contributed by atoms with E-state index in [0.29, 0.717) is 43.3 Å². The molecule has 7 nitrogen and oxygen atoms in total. The molecule has 2 aromatic rings. The van der Waals surface area contributed by atoms with E-state index in [1.54, 1.807) is 14.0 Å². The van der Waals surface area contributed by atoms with Crippen LogP contribution in [0.2, 0.25) is 0 Å². The summed E-state index contributed by atoms with van der Waals surface area (Å²) in [7, 11) is 1.62. The fourth-order valence-electron chi connectivity index (χ4n) is 3.59. The maximum atomic E-state index is 12.7. The number of amides is 1. The van der Waals surface area contributed by atoms with Gasteiger partial charge in [0, 0.05) is 43.9 Å². The molecule has 1 amide bonds. The van der Waals surface area contributed by atoms with Gasteiger partial charge in [0.05, 0.1) is 12.9 Å². The van der Waals surface area contributed by atoms with Crippen molar-refractivity contribution in [2.45, 2.75) is 32.9 Å². The Morgan fingerprint density at radius 2 is 2.03 bits per heavy atom. The number of anilines is 1. The van der Waals surface area contributed by atoms with Crippen molar-refractivity contribution in [3.63, 3.8) is 0 Å². The standard InChI is InChI=1S/C23H29N5O2/c1-17-14-27(15-19-7-5-4-6-8-19)23(29)11-12-28(17)20-9-10-21(22(13-20)30-3)26-16-25-18(2)24/h4-10,13,16-17H,11-12,14-15H2,1-3H3,(H2,24,25,26). The van der Waals surface area contributed by atoms with E-state index in [2.05, 4.69) is 33.9 Å². The summed E-state index contributed by atoms with van der Waals surface area (Å²) >= 11 is 0. The Hall–Kier alpha value is -3.35. The molecule has 1 aliphatic heterocycles. The van der Waals surface area contributed by atoms with Crippen LogP contribution in [0.25, 0.3) is 0 Å². The van der Waals surface area contributed by atoms with Crippen molar-refractivity contribution in [3.8, 4) is 5.75 Å². The zero-order valence-electron chi connectivity index (χ0n) is 17.8. The number of carbonyl (C=O) groups is 1. The van der Waals surface area contributed by atoms with Gasteiger partial charge in [0.25, 0.3) is 0 Å². The Morgan fingerprint density at radius 3 is 2.73 bits per heavy atom. The highest BCUT2D eigenvalue weighted by Crippen LogP contribution is 2.33. The molecule has 1 unspecified atom stereocenters.